The maximum Gasteiger partial charge on any atom is 0.0591 e. The van der Waals surface area contributed by atoms with Gasteiger partial charge in [0.2, 0.25) is 0 Å². The SMILES string of the molecule is CC(CNCCOCCN)C(C)(C)C. The molecule has 0 radical (unpaired) electrons. The maximum atomic E-state index is 5.30. The van der Waals surface area contributed by atoms with Gasteiger partial charge in [-0.05, 0) is 17.9 Å². The second-order valence-corrected chi connectivity index (χ2v) is 4.87. The molecule has 1 unspecified atom stereocenters. The molecule has 0 heterocycles. The van der Waals surface area contributed by atoms with Crippen LogP contribution in [0, 0.1) is 11.3 Å². The minimum atomic E-state index is 0.380. The molecule has 86 valence electrons. The molecular weight excluding hydrogens is 176 g/mol. The lowest BCUT2D eigenvalue weighted by Gasteiger charge is -2.27. The highest BCUT2D eigenvalue weighted by Crippen LogP contribution is 2.24. The summed E-state index contributed by atoms with van der Waals surface area (Å²) in [5.41, 5.74) is 5.68. The van der Waals surface area contributed by atoms with Gasteiger partial charge in [-0.25, -0.2) is 0 Å². The summed E-state index contributed by atoms with van der Waals surface area (Å²) in [4.78, 5) is 0. The van der Waals surface area contributed by atoms with Crippen molar-refractivity contribution in [3.8, 4) is 0 Å². The van der Waals surface area contributed by atoms with E-state index in [1.807, 2.05) is 0 Å². The predicted molar refractivity (Wildman–Crippen MR) is 61.4 cm³/mol. The zero-order valence-corrected chi connectivity index (χ0v) is 10.1. The van der Waals surface area contributed by atoms with Gasteiger partial charge in [-0.15, -0.1) is 0 Å². The Balaban J connectivity index is 3.28. The van der Waals surface area contributed by atoms with Crippen LogP contribution in [-0.2, 0) is 4.74 Å². The molecule has 0 rings (SSSR count). The van der Waals surface area contributed by atoms with Gasteiger partial charge in [0.15, 0.2) is 0 Å². The summed E-state index contributed by atoms with van der Waals surface area (Å²) in [7, 11) is 0. The molecule has 0 aromatic heterocycles. The van der Waals surface area contributed by atoms with Crippen LogP contribution in [0.25, 0.3) is 0 Å². The Labute approximate surface area is 88.4 Å². The highest BCUT2D eigenvalue weighted by Gasteiger charge is 2.18. The molecule has 14 heavy (non-hydrogen) atoms. The number of nitrogens with two attached hydrogens (primary N) is 1. The van der Waals surface area contributed by atoms with E-state index in [-0.39, 0.29) is 0 Å². The Kier molecular flexibility index (Phi) is 7.15. The molecule has 3 heteroatoms. The highest BCUT2D eigenvalue weighted by molar-refractivity contribution is 4.71. The van der Waals surface area contributed by atoms with Gasteiger partial charge in [0.25, 0.3) is 0 Å². The average molecular weight is 202 g/mol. The van der Waals surface area contributed by atoms with E-state index in [2.05, 4.69) is 33.0 Å². The fraction of sp³-hybridized carbons (Fsp3) is 1.00. The van der Waals surface area contributed by atoms with Gasteiger partial charge in [-0.1, -0.05) is 27.7 Å². The minimum absolute atomic E-state index is 0.380. The first kappa shape index (κ1) is 13.9. The summed E-state index contributed by atoms with van der Waals surface area (Å²) in [6.45, 7) is 13.1. The van der Waals surface area contributed by atoms with Crippen LogP contribution in [0.3, 0.4) is 0 Å². The molecule has 0 fully saturated rings. The second kappa shape index (κ2) is 7.21. The fourth-order valence-electron chi connectivity index (χ4n) is 0.954. The molecule has 0 spiro atoms. The van der Waals surface area contributed by atoms with E-state index in [9.17, 15) is 0 Å². The zero-order valence-electron chi connectivity index (χ0n) is 10.1. The number of ether oxygens (including phenoxy) is 1. The lowest BCUT2D eigenvalue weighted by Crippen LogP contribution is -2.31. The Hall–Kier alpha value is -0.120. The summed E-state index contributed by atoms with van der Waals surface area (Å²) >= 11 is 0. The number of hydrogen-bond acceptors (Lipinski definition) is 3. The third-order valence-electron chi connectivity index (χ3n) is 2.61. The molecular formula is C11H26N2O. The molecule has 0 saturated heterocycles. The van der Waals surface area contributed by atoms with Gasteiger partial charge in [0.1, 0.15) is 0 Å². The van der Waals surface area contributed by atoms with Crippen molar-refractivity contribution in [2.24, 2.45) is 17.1 Å². The molecule has 0 saturated carbocycles. The van der Waals surface area contributed by atoms with Crippen molar-refractivity contribution in [1.29, 1.82) is 0 Å². The number of hydrogen-bond donors (Lipinski definition) is 2. The van der Waals surface area contributed by atoms with Gasteiger partial charge in [-0.2, -0.15) is 0 Å². The molecule has 3 nitrogen and oxygen atoms in total. The lowest BCUT2D eigenvalue weighted by molar-refractivity contribution is 0.140. The second-order valence-electron chi connectivity index (χ2n) is 4.87. The monoisotopic (exact) mass is 202 g/mol. The quantitative estimate of drug-likeness (QED) is 0.611. The average Bonchev–Trinajstić information content (AvgIpc) is 2.09. The van der Waals surface area contributed by atoms with Crippen molar-refractivity contribution < 1.29 is 4.74 Å². The first-order valence-corrected chi connectivity index (χ1v) is 5.47. The van der Waals surface area contributed by atoms with Crippen LogP contribution in [-0.4, -0.2) is 32.8 Å². The first-order chi connectivity index (χ1) is 6.48. The fourth-order valence-corrected chi connectivity index (χ4v) is 0.954. The smallest absolute Gasteiger partial charge is 0.0591 e. The summed E-state index contributed by atoms with van der Waals surface area (Å²) in [6, 6.07) is 0. The van der Waals surface area contributed by atoms with Crippen molar-refractivity contribution in [3.05, 3.63) is 0 Å². The van der Waals surface area contributed by atoms with Crippen LogP contribution in [0.2, 0.25) is 0 Å². The van der Waals surface area contributed by atoms with E-state index < -0.39 is 0 Å². The Morgan fingerprint density at radius 2 is 1.93 bits per heavy atom. The van der Waals surface area contributed by atoms with Crippen LogP contribution < -0.4 is 11.1 Å². The lowest BCUT2D eigenvalue weighted by atomic mass is 9.82. The molecule has 3 N–H and O–H groups in total. The van der Waals surface area contributed by atoms with Gasteiger partial charge in [0, 0.05) is 13.1 Å². The van der Waals surface area contributed by atoms with Gasteiger partial charge in [0.05, 0.1) is 13.2 Å². The molecule has 0 aromatic rings. The standard InChI is InChI=1S/C11H26N2O/c1-10(11(2,3)4)9-13-6-8-14-7-5-12/h10,13H,5-9,12H2,1-4H3. The minimum Gasteiger partial charge on any atom is -0.379 e. The van der Waals surface area contributed by atoms with E-state index in [1.54, 1.807) is 0 Å². The molecule has 0 amide bonds. The summed E-state index contributed by atoms with van der Waals surface area (Å²) in [5.74, 6) is 0.678. The van der Waals surface area contributed by atoms with E-state index in [0.717, 1.165) is 19.7 Å². The first-order valence-electron chi connectivity index (χ1n) is 5.47. The maximum absolute atomic E-state index is 5.30. The third-order valence-corrected chi connectivity index (χ3v) is 2.61. The molecule has 0 aliphatic heterocycles. The largest absolute Gasteiger partial charge is 0.379 e. The van der Waals surface area contributed by atoms with Crippen LogP contribution in [0.5, 0.6) is 0 Å². The molecule has 0 aliphatic carbocycles. The summed E-state index contributed by atoms with van der Waals surface area (Å²) < 4.78 is 5.26. The summed E-state index contributed by atoms with van der Waals surface area (Å²) in [6.07, 6.45) is 0. The van der Waals surface area contributed by atoms with Crippen molar-refractivity contribution in [1.82, 2.24) is 5.32 Å². The highest BCUT2D eigenvalue weighted by atomic mass is 16.5. The van der Waals surface area contributed by atoms with Crippen molar-refractivity contribution in [3.63, 3.8) is 0 Å². The van der Waals surface area contributed by atoms with Gasteiger partial charge < -0.3 is 15.8 Å². The van der Waals surface area contributed by atoms with Crippen LogP contribution in [0.4, 0.5) is 0 Å². The van der Waals surface area contributed by atoms with Crippen LogP contribution >= 0.6 is 0 Å². The van der Waals surface area contributed by atoms with E-state index in [1.165, 1.54) is 0 Å². The molecule has 0 aliphatic rings. The van der Waals surface area contributed by atoms with E-state index in [4.69, 9.17) is 10.5 Å². The zero-order chi connectivity index (χ0) is 11.0. The third kappa shape index (κ3) is 7.30. The molecule has 0 bridgehead atoms. The van der Waals surface area contributed by atoms with Crippen molar-refractivity contribution in [2.45, 2.75) is 27.7 Å². The van der Waals surface area contributed by atoms with Crippen LogP contribution in [0.15, 0.2) is 0 Å². The number of nitrogens with one attached hydrogen (secondary N) is 1. The normalized spacial score (nSPS) is 14.4. The van der Waals surface area contributed by atoms with Crippen molar-refractivity contribution in [2.75, 3.05) is 32.8 Å². The Bertz CT molecular complexity index is 132. The van der Waals surface area contributed by atoms with E-state index in [0.29, 0.717) is 24.5 Å². The number of rotatable bonds is 7. The topological polar surface area (TPSA) is 47.3 Å². The van der Waals surface area contributed by atoms with Gasteiger partial charge >= 0.3 is 0 Å². The molecule has 0 aromatic carbocycles. The van der Waals surface area contributed by atoms with Crippen LogP contribution in [0.1, 0.15) is 27.7 Å². The Morgan fingerprint density at radius 3 is 2.43 bits per heavy atom. The Morgan fingerprint density at radius 1 is 1.29 bits per heavy atom. The van der Waals surface area contributed by atoms with Crippen molar-refractivity contribution >= 4 is 0 Å². The molecule has 1 atom stereocenters. The summed E-state index contributed by atoms with van der Waals surface area (Å²) in [5, 5.41) is 3.38. The predicted octanol–water partition coefficient (Wildman–Crippen LogP) is 1.23. The van der Waals surface area contributed by atoms with Gasteiger partial charge in [-0.3, -0.25) is 0 Å². The van der Waals surface area contributed by atoms with E-state index >= 15 is 0 Å².